The monoisotopic (exact) mass is 329 g/mol. The molecule has 2 aromatic rings. The van der Waals surface area contributed by atoms with Gasteiger partial charge in [0.2, 0.25) is 0 Å². The number of imidazole rings is 1. The Morgan fingerprint density at radius 1 is 1.36 bits per heavy atom. The summed E-state index contributed by atoms with van der Waals surface area (Å²) >= 11 is 1.01. The van der Waals surface area contributed by atoms with Crippen molar-refractivity contribution in [2.75, 3.05) is 0 Å². The van der Waals surface area contributed by atoms with Gasteiger partial charge in [0.05, 0.1) is 15.4 Å². The fraction of sp³-hybridized carbons (Fsp3) is 0.308. The van der Waals surface area contributed by atoms with Crippen molar-refractivity contribution in [1.29, 1.82) is 0 Å². The van der Waals surface area contributed by atoms with Crippen LogP contribution in [0, 0.1) is 10.1 Å². The van der Waals surface area contributed by atoms with Crippen LogP contribution in [0.3, 0.4) is 0 Å². The molecule has 0 N–H and O–H groups in total. The van der Waals surface area contributed by atoms with E-state index < -0.39 is 22.4 Å². The van der Waals surface area contributed by atoms with Gasteiger partial charge in [-0.2, -0.15) is 13.2 Å². The SMILES string of the molecule is O=[N+]([O-])c1cc(C(F)(F)F)ccc1Sc1nccn1C1CC1. The second kappa shape index (κ2) is 5.31. The van der Waals surface area contributed by atoms with Crippen molar-refractivity contribution >= 4 is 17.4 Å². The molecule has 0 amide bonds. The number of halogens is 3. The van der Waals surface area contributed by atoms with Gasteiger partial charge in [0.15, 0.2) is 5.16 Å². The van der Waals surface area contributed by atoms with E-state index in [-0.39, 0.29) is 4.90 Å². The Hall–Kier alpha value is -2.03. The first-order chi connectivity index (χ1) is 10.4. The largest absolute Gasteiger partial charge is 0.416 e. The van der Waals surface area contributed by atoms with Crippen molar-refractivity contribution < 1.29 is 18.1 Å². The Morgan fingerprint density at radius 2 is 2.09 bits per heavy atom. The Kier molecular flexibility index (Phi) is 3.59. The van der Waals surface area contributed by atoms with E-state index in [2.05, 4.69) is 4.98 Å². The lowest BCUT2D eigenvalue weighted by atomic mass is 10.2. The number of alkyl halides is 3. The summed E-state index contributed by atoms with van der Waals surface area (Å²) < 4.78 is 39.9. The molecular weight excluding hydrogens is 319 g/mol. The molecule has 116 valence electrons. The Balaban J connectivity index is 1.96. The molecule has 22 heavy (non-hydrogen) atoms. The molecule has 1 aromatic heterocycles. The minimum absolute atomic E-state index is 0.145. The highest BCUT2D eigenvalue weighted by atomic mass is 32.2. The van der Waals surface area contributed by atoms with Gasteiger partial charge in [-0.1, -0.05) is 0 Å². The van der Waals surface area contributed by atoms with Crippen LogP contribution >= 0.6 is 11.8 Å². The zero-order valence-corrected chi connectivity index (χ0v) is 11.9. The molecule has 5 nitrogen and oxygen atoms in total. The molecule has 0 aliphatic heterocycles. The lowest BCUT2D eigenvalue weighted by molar-refractivity contribution is -0.388. The number of hydrogen-bond acceptors (Lipinski definition) is 4. The van der Waals surface area contributed by atoms with Gasteiger partial charge in [-0.15, -0.1) is 0 Å². The summed E-state index contributed by atoms with van der Waals surface area (Å²) in [6, 6.07) is 2.86. The normalized spacial score (nSPS) is 15.0. The molecule has 1 saturated carbocycles. The number of nitrogens with zero attached hydrogens (tertiary/aromatic N) is 3. The maximum absolute atomic E-state index is 12.7. The number of nitro groups is 1. The van der Waals surface area contributed by atoms with Gasteiger partial charge in [-0.25, -0.2) is 4.98 Å². The van der Waals surface area contributed by atoms with E-state index in [0.29, 0.717) is 17.3 Å². The quantitative estimate of drug-likeness (QED) is 0.620. The third kappa shape index (κ3) is 2.94. The predicted molar refractivity (Wildman–Crippen MR) is 72.7 cm³/mol. The summed E-state index contributed by atoms with van der Waals surface area (Å²) in [7, 11) is 0. The maximum atomic E-state index is 12.7. The van der Waals surface area contributed by atoms with Crippen LogP contribution in [0.2, 0.25) is 0 Å². The molecule has 1 heterocycles. The van der Waals surface area contributed by atoms with Crippen LogP contribution in [0.5, 0.6) is 0 Å². The minimum Gasteiger partial charge on any atom is -0.323 e. The highest BCUT2D eigenvalue weighted by Crippen LogP contribution is 2.42. The number of nitro benzene ring substituents is 1. The first-order valence-electron chi connectivity index (χ1n) is 6.42. The highest BCUT2D eigenvalue weighted by molar-refractivity contribution is 7.99. The smallest absolute Gasteiger partial charge is 0.323 e. The van der Waals surface area contributed by atoms with Gasteiger partial charge < -0.3 is 4.57 Å². The number of aromatic nitrogens is 2. The maximum Gasteiger partial charge on any atom is 0.416 e. The summed E-state index contributed by atoms with van der Waals surface area (Å²) in [4.78, 5) is 14.5. The molecule has 0 atom stereocenters. The Labute approximate surface area is 127 Å². The lowest BCUT2D eigenvalue weighted by Crippen LogP contribution is -2.06. The number of hydrogen-bond donors (Lipinski definition) is 0. The van der Waals surface area contributed by atoms with Crippen LogP contribution in [0.15, 0.2) is 40.6 Å². The summed E-state index contributed by atoms with van der Waals surface area (Å²) in [5.41, 5.74) is -1.60. The van der Waals surface area contributed by atoms with Crippen molar-refractivity contribution in [1.82, 2.24) is 9.55 Å². The summed E-state index contributed by atoms with van der Waals surface area (Å²) in [6.45, 7) is 0. The first-order valence-corrected chi connectivity index (χ1v) is 7.24. The van der Waals surface area contributed by atoms with E-state index >= 15 is 0 Å². The Bertz CT molecular complexity index is 726. The minimum atomic E-state index is -4.61. The van der Waals surface area contributed by atoms with E-state index in [1.54, 1.807) is 12.4 Å². The third-order valence-electron chi connectivity index (χ3n) is 3.26. The van der Waals surface area contributed by atoms with Gasteiger partial charge in [-0.3, -0.25) is 10.1 Å². The zero-order chi connectivity index (χ0) is 15.9. The average molecular weight is 329 g/mol. The molecule has 0 bridgehead atoms. The topological polar surface area (TPSA) is 61.0 Å². The van der Waals surface area contributed by atoms with Gasteiger partial charge in [0.25, 0.3) is 5.69 Å². The molecule has 0 saturated heterocycles. The fourth-order valence-electron chi connectivity index (χ4n) is 2.03. The van der Waals surface area contributed by atoms with Crippen LogP contribution in [-0.2, 0) is 6.18 Å². The van der Waals surface area contributed by atoms with Crippen molar-refractivity contribution in [3.05, 3.63) is 46.3 Å². The van der Waals surface area contributed by atoms with E-state index in [9.17, 15) is 23.3 Å². The lowest BCUT2D eigenvalue weighted by Gasteiger charge is -2.09. The molecule has 1 aliphatic carbocycles. The van der Waals surface area contributed by atoms with Gasteiger partial charge >= 0.3 is 6.18 Å². The molecule has 3 rings (SSSR count). The third-order valence-corrected chi connectivity index (χ3v) is 4.32. The molecule has 1 aliphatic rings. The van der Waals surface area contributed by atoms with E-state index in [4.69, 9.17) is 0 Å². The van der Waals surface area contributed by atoms with Gasteiger partial charge in [-0.05, 0) is 36.7 Å². The molecule has 0 unspecified atom stereocenters. The molecule has 1 fully saturated rings. The molecule has 9 heteroatoms. The van der Waals surface area contributed by atoms with Crippen molar-refractivity contribution in [2.24, 2.45) is 0 Å². The second-order valence-electron chi connectivity index (χ2n) is 4.89. The highest BCUT2D eigenvalue weighted by Gasteiger charge is 2.33. The molecule has 0 spiro atoms. The average Bonchev–Trinajstić information content (AvgIpc) is 3.18. The Morgan fingerprint density at radius 3 is 2.68 bits per heavy atom. The van der Waals surface area contributed by atoms with Crippen molar-refractivity contribution in [3.8, 4) is 0 Å². The van der Waals surface area contributed by atoms with Crippen LogP contribution in [0.25, 0.3) is 0 Å². The van der Waals surface area contributed by atoms with Crippen LogP contribution in [0.4, 0.5) is 18.9 Å². The van der Waals surface area contributed by atoms with Gasteiger partial charge in [0.1, 0.15) is 0 Å². The first kappa shape index (κ1) is 14.9. The van der Waals surface area contributed by atoms with E-state index in [1.807, 2.05) is 4.57 Å². The molecule has 1 aromatic carbocycles. The predicted octanol–water partition coefficient (Wildman–Crippen LogP) is 4.30. The van der Waals surface area contributed by atoms with E-state index in [1.165, 1.54) is 0 Å². The fourth-order valence-corrected chi connectivity index (χ4v) is 3.03. The molecule has 0 radical (unpaired) electrons. The zero-order valence-electron chi connectivity index (χ0n) is 11.1. The summed E-state index contributed by atoms with van der Waals surface area (Å²) in [6.07, 6.45) is 0.769. The van der Waals surface area contributed by atoms with Crippen LogP contribution < -0.4 is 0 Å². The summed E-state index contributed by atoms with van der Waals surface area (Å²) in [5, 5.41) is 11.6. The standard InChI is InChI=1S/C13H10F3N3O2S/c14-13(15,16)8-1-4-11(10(7-8)19(20)21)22-12-17-5-6-18(12)9-2-3-9/h1,4-7,9H,2-3H2. The summed E-state index contributed by atoms with van der Waals surface area (Å²) in [5.74, 6) is 0. The van der Waals surface area contributed by atoms with Crippen LogP contribution in [0.1, 0.15) is 24.4 Å². The van der Waals surface area contributed by atoms with Crippen molar-refractivity contribution in [3.63, 3.8) is 0 Å². The van der Waals surface area contributed by atoms with Crippen LogP contribution in [-0.4, -0.2) is 14.5 Å². The second-order valence-corrected chi connectivity index (χ2v) is 5.90. The molecular formula is C13H10F3N3O2S. The van der Waals surface area contributed by atoms with E-state index in [0.717, 1.165) is 36.7 Å². The number of rotatable bonds is 4. The number of benzene rings is 1. The van der Waals surface area contributed by atoms with Gasteiger partial charge in [0, 0.05) is 24.5 Å². The van der Waals surface area contributed by atoms with Crippen molar-refractivity contribution in [2.45, 2.75) is 35.1 Å².